The van der Waals surface area contributed by atoms with Crippen molar-refractivity contribution in [3.8, 4) is 0 Å². The number of hydrogen-bond acceptors (Lipinski definition) is 3. The van der Waals surface area contributed by atoms with E-state index in [1.54, 1.807) is 5.01 Å². The largest absolute Gasteiger partial charge is 0.569 e. The van der Waals surface area contributed by atoms with Gasteiger partial charge in [-0.3, -0.25) is 0 Å². The number of unbranched alkanes of at least 4 members (excludes halogenated alkanes) is 21. The van der Waals surface area contributed by atoms with Gasteiger partial charge in [0, 0.05) is 0 Å². The van der Waals surface area contributed by atoms with Crippen molar-refractivity contribution >= 4 is 0 Å². The van der Waals surface area contributed by atoms with E-state index in [1.807, 2.05) is 0 Å². The summed E-state index contributed by atoms with van der Waals surface area (Å²) < 4.78 is 0. The predicted octanol–water partition coefficient (Wildman–Crippen LogP) is 9.55. The molecule has 6 heteroatoms. The first kappa shape index (κ1) is 35.0. The second-order valence-electron chi connectivity index (χ2n) is 10.8. The summed E-state index contributed by atoms with van der Waals surface area (Å²) in [5.74, 6) is 0. The number of nitrogens with zero attached hydrogens (tertiary/aromatic N) is 3. The van der Waals surface area contributed by atoms with Crippen LogP contribution in [0.1, 0.15) is 168 Å². The fourth-order valence-corrected chi connectivity index (χ4v) is 4.88. The van der Waals surface area contributed by atoms with Gasteiger partial charge in [-0.25, -0.2) is 0 Å². The summed E-state index contributed by atoms with van der Waals surface area (Å²) in [6, 6.07) is 0. The third-order valence-corrected chi connectivity index (χ3v) is 7.32. The first-order valence-electron chi connectivity index (χ1n) is 16.0. The standard InChI is InChI=1S/C30H64N4O2/c1-3-5-7-9-11-13-15-17-19-23-27-31-28-24-20-22-26-30-33(34(36)32-35)29-25-21-18-16-14-12-10-8-6-4-2/h31,35H,3-30H2,1-2H3/b34-32-. The Morgan fingerprint density at radius 2 is 0.833 bits per heavy atom. The molecule has 0 heterocycles. The van der Waals surface area contributed by atoms with Crippen molar-refractivity contribution in [3.63, 3.8) is 0 Å². The Balaban J connectivity index is 3.49. The molecule has 0 radical (unpaired) electrons. The maximum Gasteiger partial charge on any atom is 0.230 e. The molecule has 6 nitrogen and oxygen atoms in total. The zero-order chi connectivity index (χ0) is 26.4. The molecule has 0 rings (SSSR count). The summed E-state index contributed by atoms with van der Waals surface area (Å²) in [6.45, 7) is 8.14. The maximum absolute atomic E-state index is 11.8. The second-order valence-corrected chi connectivity index (χ2v) is 10.8. The van der Waals surface area contributed by atoms with Crippen LogP contribution < -0.4 is 5.32 Å². The molecule has 36 heavy (non-hydrogen) atoms. The van der Waals surface area contributed by atoms with Crippen LogP contribution in [0.5, 0.6) is 0 Å². The van der Waals surface area contributed by atoms with Crippen molar-refractivity contribution in [2.45, 2.75) is 168 Å². The van der Waals surface area contributed by atoms with E-state index in [4.69, 9.17) is 5.21 Å². The minimum absolute atomic E-state index is 0.377. The molecule has 0 aromatic rings. The van der Waals surface area contributed by atoms with E-state index in [1.165, 1.54) is 128 Å². The molecule has 216 valence electrons. The third-order valence-electron chi connectivity index (χ3n) is 7.32. The fraction of sp³-hybridized carbons (Fsp3) is 1.00. The van der Waals surface area contributed by atoms with Crippen LogP contribution in [0, 0.1) is 5.21 Å². The van der Waals surface area contributed by atoms with Crippen LogP contribution in [-0.2, 0) is 0 Å². The first-order chi connectivity index (χ1) is 17.8. The van der Waals surface area contributed by atoms with Gasteiger partial charge in [0.2, 0.25) is 5.28 Å². The number of rotatable bonds is 30. The normalized spacial score (nSPS) is 11.9. The minimum Gasteiger partial charge on any atom is -0.569 e. The summed E-state index contributed by atoms with van der Waals surface area (Å²) >= 11 is 0. The number of hydrogen-bond donors (Lipinski definition) is 2. The lowest BCUT2D eigenvalue weighted by Crippen LogP contribution is -2.32. The molecule has 0 bridgehead atoms. The van der Waals surface area contributed by atoms with E-state index >= 15 is 0 Å². The molecule has 0 amide bonds. The Morgan fingerprint density at radius 3 is 1.17 bits per heavy atom. The predicted molar refractivity (Wildman–Crippen MR) is 154 cm³/mol. The molecule has 0 aromatic heterocycles. The Kier molecular flexibility index (Phi) is 29.3. The minimum atomic E-state index is 0.377. The Hall–Kier alpha value is -1.04. The summed E-state index contributed by atoms with van der Waals surface area (Å²) in [6.07, 6.45) is 31.2. The highest BCUT2D eigenvalue weighted by atomic mass is 16.6. The maximum atomic E-state index is 11.8. The summed E-state index contributed by atoms with van der Waals surface area (Å²) in [7, 11) is 0. The number of hydrazine groups is 1. The van der Waals surface area contributed by atoms with Crippen LogP contribution in [0.4, 0.5) is 0 Å². The van der Waals surface area contributed by atoms with E-state index in [9.17, 15) is 5.21 Å². The molecule has 0 aromatic carbocycles. The average Bonchev–Trinajstić information content (AvgIpc) is 2.89. The summed E-state index contributed by atoms with van der Waals surface area (Å²) in [4.78, 5) is 0.377. The number of nitrogens with one attached hydrogen (secondary N) is 1. The topological polar surface area (TPSA) is 73.9 Å². The quantitative estimate of drug-likeness (QED) is 0.0435. The van der Waals surface area contributed by atoms with Gasteiger partial charge >= 0.3 is 0 Å². The van der Waals surface area contributed by atoms with E-state index in [0.717, 1.165) is 38.8 Å². The van der Waals surface area contributed by atoms with Crippen LogP contribution >= 0.6 is 0 Å². The lowest BCUT2D eigenvalue weighted by Gasteiger charge is -2.17. The van der Waals surface area contributed by atoms with E-state index in [0.29, 0.717) is 18.1 Å². The van der Waals surface area contributed by atoms with Gasteiger partial charge in [0.1, 0.15) is 0 Å². The Bertz CT molecular complexity index is 449. The van der Waals surface area contributed by atoms with Crippen LogP contribution in [0.25, 0.3) is 0 Å². The molecule has 0 saturated heterocycles. The van der Waals surface area contributed by atoms with Crippen LogP contribution in [0.2, 0.25) is 0 Å². The van der Waals surface area contributed by atoms with Gasteiger partial charge in [0.05, 0.1) is 18.1 Å². The van der Waals surface area contributed by atoms with E-state index in [2.05, 4.69) is 24.4 Å². The zero-order valence-electron chi connectivity index (χ0n) is 24.5. The van der Waals surface area contributed by atoms with Gasteiger partial charge in [-0.1, -0.05) is 142 Å². The highest BCUT2D eigenvalue weighted by Gasteiger charge is 2.12. The van der Waals surface area contributed by atoms with Crippen LogP contribution in [0.15, 0.2) is 5.28 Å². The lowest BCUT2D eigenvalue weighted by molar-refractivity contribution is -0.709. The lowest BCUT2D eigenvalue weighted by atomic mass is 10.1. The molecule has 0 saturated carbocycles. The van der Waals surface area contributed by atoms with Gasteiger partial charge in [-0.15, -0.1) is 5.01 Å². The van der Waals surface area contributed by atoms with Crippen molar-refractivity contribution in [1.82, 2.24) is 10.3 Å². The van der Waals surface area contributed by atoms with Gasteiger partial charge in [0.25, 0.3) is 0 Å². The van der Waals surface area contributed by atoms with Gasteiger partial charge in [-0.05, 0) is 38.8 Å². The van der Waals surface area contributed by atoms with E-state index in [-0.39, 0.29) is 0 Å². The SMILES string of the molecule is CCCCCCCCCCCCNCCCCCCN(CCCCCCCCCCCC)/[N+]([O-])=N/O. The molecular formula is C30H64N4O2. The molecule has 0 unspecified atom stereocenters. The summed E-state index contributed by atoms with van der Waals surface area (Å²) in [5, 5.41) is 28.8. The molecule has 0 fully saturated rings. The smallest absolute Gasteiger partial charge is 0.230 e. The van der Waals surface area contributed by atoms with Crippen LogP contribution in [-0.4, -0.2) is 41.4 Å². The Labute approximate surface area is 225 Å². The summed E-state index contributed by atoms with van der Waals surface area (Å²) in [5.41, 5.74) is 0. The third kappa shape index (κ3) is 26.0. The molecule has 0 spiro atoms. The monoisotopic (exact) mass is 513 g/mol. The highest BCUT2D eigenvalue weighted by Crippen LogP contribution is 2.12. The van der Waals surface area contributed by atoms with Crippen molar-refractivity contribution < 1.29 is 10.2 Å². The molecule has 0 atom stereocenters. The van der Waals surface area contributed by atoms with Crippen molar-refractivity contribution in [2.24, 2.45) is 5.28 Å². The Morgan fingerprint density at radius 1 is 0.528 bits per heavy atom. The molecule has 0 aliphatic carbocycles. The van der Waals surface area contributed by atoms with Gasteiger partial charge in [0.15, 0.2) is 0 Å². The molecule has 0 aliphatic rings. The van der Waals surface area contributed by atoms with E-state index < -0.39 is 0 Å². The second kappa shape index (κ2) is 30.2. The van der Waals surface area contributed by atoms with Gasteiger partial charge in [-0.2, -0.15) is 0 Å². The van der Waals surface area contributed by atoms with Crippen molar-refractivity contribution in [2.75, 3.05) is 26.2 Å². The van der Waals surface area contributed by atoms with Crippen molar-refractivity contribution in [1.29, 1.82) is 0 Å². The van der Waals surface area contributed by atoms with Crippen LogP contribution in [0.3, 0.4) is 0 Å². The average molecular weight is 513 g/mol. The van der Waals surface area contributed by atoms with Crippen molar-refractivity contribution in [3.05, 3.63) is 5.21 Å². The molecule has 0 aliphatic heterocycles. The molecular weight excluding hydrogens is 448 g/mol. The van der Waals surface area contributed by atoms with Gasteiger partial charge < -0.3 is 15.7 Å². The zero-order valence-corrected chi connectivity index (χ0v) is 24.5. The fourth-order valence-electron chi connectivity index (χ4n) is 4.88. The highest BCUT2D eigenvalue weighted by molar-refractivity contribution is 4.54. The molecule has 2 N–H and O–H groups in total. The first-order valence-corrected chi connectivity index (χ1v) is 16.0.